The predicted octanol–water partition coefficient (Wildman–Crippen LogP) is 1.58. The van der Waals surface area contributed by atoms with Crippen LogP contribution in [0, 0.1) is 11.8 Å². The molecule has 1 aliphatic heterocycles. The van der Waals surface area contributed by atoms with Gasteiger partial charge in [-0.05, 0) is 31.8 Å². The molecule has 1 atom stereocenters. The van der Waals surface area contributed by atoms with Crippen LogP contribution >= 0.6 is 0 Å². The Labute approximate surface area is 86.2 Å². The number of hydrogen-bond acceptors (Lipinski definition) is 3. The number of hydrogen-bond donors (Lipinski definition) is 1. The number of esters is 1. The van der Waals surface area contributed by atoms with Crippen molar-refractivity contribution in [3.8, 4) is 0 Å². The molecule has 0 spiro atoms. The van der Waals surface area contributed by atoms with Crippen molar-refractivity contribution in [3.05, 3.63) is 0 Å². The SMILES string of the molecule is CCC(C)COC(=O)C1CCNCC1. The van der Waals surface area contributed by atoms with E-state index in [0.29, 0.717) is 12.5 Å². The summed E-state index contributed by atoms with van der Waals surface area (Å²) in [5, 5.41) is 3.24. The topological polar surface area (TPSA) is 38.3 Å². The molecule has 3 nitrogen and oxygen atoms in total. The second kappa shape index (κ2) is 6.02. The van der Waals surface area contributed by atoms with Gasteiger partial charge in [0, 0.05) is 0 Å². The third kappa shape index (κ3) is 3.66. The van der Waals surface area contributed by atoms with Gasteiger partial charge in [0.15, 0.2) is 0 Å². The second-order valence-electron chi connectivity index (χ2n) is 4.17. The highest BCUT2D eigenvalue weighted by molar-refractivity contribution is 5.72. The van der Waals surface area contributed by atoms with Crippen LogP contribution in [0.3, 0.4) is 0 Å². The van der Waals surface area contributed by atoms with Crippen molar-refractivity contribution in [2.24, 2.45) is 11.8 Å². The maximum atomic E-state index is 11.6. The van der Waals surface area contributed by atoms with Gasteiger partial charge in [-0.25, -0.2) is 0 Å². The first-order valence-corrected chi connectivity index (χ1v) is 5.61. The van der Waals surface area contributed by atoms with E-state index in [1.807, 2.05) is 0 Å². The Morgan fingerprint density at radius 2 is 2.14 bits per heavy atom. The van der Waals surface area contributed by atoms with Crippen molar-refractivity contribution >= 4 is 5.97 Å². The fraction of sp³-hybridized carbons (Fsp3) is 0.909. The lowest BCUT2D eigenvalue weighted by atomic mass is 9.98. The van der Waals surface area contributed by atoms with Crippen molar-refractivity contribution in [1.82, 2.24) is 5.32 Å². The second-order valence-corrected chi connectivity index (χ2v) is 4.17. The molecule has 82 valence electrons. The van der Waals surface area contributed by atoms with E-state index in [1.54, 1.807) is 0 Å². The molecule has 0 aromatic carbocycles. The van der Waals surface area contributed by atoms with Gasteiger partial charge in [0.2, 0.25) is 0 Å². The molecular formula is C11H21NO2. The van der Waals surface area contributed by atoms with Crippen molar-refractivity contribution < 1.29 is 9.53 Å². The Balaban J connectivity index is 2.19. The Kier molecular flexibility index (Phi) is 4.94. The lowest BCUT2D eigenvalue weighted by Gasteiger charge is -2.21. The average molecular weight is 199 g/mol. The van der Waals surface area contributed by atoms with E-state index in [9.17, 15) is 4.79 Å². The average Bonchev–Trinajstić information content (AvgIpc) is 2.26. The molecule has 1 aliphatic rings. The van der Waals surface area contributed by atoms with Crippen LogP contribution in [-0.2, 0) is 9.53 Å². The highest BCUT2D eigenvalue weighted by Gasteiger charge is 2.22. The number of carbonyl (C=O) groups excluding carboxylic acids is 1. The maximum Gasteiger partial charge on any atom is 0.309 e. The standard InChI is InChI=1S/C11H21NO2/c1-3-9(2)8-14-11(13)10-4-6-12-7-5-10/h9-10,12H,3-8H2,1-2H3. The van der Waals surface area contributed by atoms with Crippen LogP contribution in [0.5, 0.6) is 0 Å². The maximum absolute atomic E-state index is 11.6. The number of carbonyl (C=O) groups is 1. The third-order valence-corrected chi connectivity index (χ3v) is 2.88. The molecule has 1 unspecified atom stereocenters. The number of nitrogens with one attached hydrogen (secondary N) is 1. The number of piperidine rings is 1. The van der Waals surface area contributed by atoms with Crippen LogP contribution in [0.1, 0.15) is 33.1 Å². The largest absolute Gasteiger partial charge is 0.465 e. The van der Waals surface area contributed by atoms with Crippen molar-refractivity contribution in [3.63, 3.8) is 0 Å². The monoisotopic (exact) mass is 199 g/mol. The third-order valence-electron chi connectivity index (χ3n) is 2.88. The van der Waals surface area contributed by atoms with E-state index < -0.39 is 0 Å². The summed E-state index contributed by atoms with van der Waals surface area (Å²) < 4.78 is 5.27. The minimum atomic E-state index is 0.00630. The fourth-order valence-corrected chi connectivity index (χ4v) is 1.52. The highest BCUT2D eigenvalue weighted by Crippen LogP contribution is 2.14. The summed E-state index contributed by atoms with van der Waals surface area (Å²) in [6.07, 6.45) is 2.93. The molecule has 0 aromatic rings. The molecule has 14 heavy (non-hydrogen) atoms. The number of ether oxygens (including phenoxy) is 1. The van der Waals surface area contributed by atoms with Crippen LogP contribution in [0.15, 0.2) is 0 Å². The summed E-state index contributed by atoms with van der Waals surface area (Å²) in [5.74, 6) is 0.632. The van der Waals surface area contributed by atoms with Crippen molar-refractivity contribution in [2.75, 3.05) is 19.7 Å². The van der Waals surface area contributed by atoms with Gasteiger partial charge in [-0.15, -0.1) is 0 Å². The summed E-state index contributed by atoms with van der Waals surface area (Å²) in [6, 6.07) is 0. The first-order chi connectivity index (χ1) is 6.74. The van der Waals surface area contributed by atoms with Crippen LogP contribution in [0.25, 0.3) is 0 Å². The molecule has 1 rings (SSSR count). The zero-order chi connectivity index (χ0) is 10.4. The molecule has 0 bridgehead atoms. The van der Waals surface area contributed by atoms with Crippen LogP contribution in [0.2, 0.25) is 0 Å². The van der Waals surface area contributed by atoms with Crippen molar-refractivity contribution in [1.29, 1.82) is 0 Å². The lowest BCUT2D eigenvalue weighted by Crippen LogP contribution is -2.33. The summed E-state index contributed by atoms with van der Waals surface area (Å²) in [5.41, 5.74) is 0. The molecule has 1 saturated heterocycles. The zero-order valence-electron chi connectivity index (χ0n) is 9.21. The summed E-state index contributed by atoms with van der Waals surface area (Å²) in [4.78, 5) is 11.6. The smallest absolute Gasteiger partial charge is 0.309 e. The minimum Gasteiger partial charge on any atom is -0.465 e. The van der Waals surface area contributed by atoms with Gasteiger partial charge in [0.05, 0.1) is 12.5 Å². The van der Waals surface area contributed by atoms with Gasteiger partial charge in [-0.3, -0.25) is 4.79 Å². The first kappa shape index (κ1) is 11.5. The molecule has 0 aromatic heterocycles. The summed E-state index contributed by atoms with van der Waals surface area (Å²) in [7, 11) is 0. The van der Waals surface area contributed by atoms with Gasteiger partial charge in [0.1, 0.15) is 0 Å². The van der Waals surface area contributed by atoms with Crippen LogP contribution in [0.4, 0.5) is 0 Å². The van der Waals surface area contributed by atoms with E-state index in [2.05, 4.69) is 19.2 Å². The number of rotatable bonds is 4. The molecule has 0 aliphatic carbocycles. The van der Waals surface area contributed by atoms with E-state index in [4.69, 9.17) is 4.74 Å². The summed E-state index contributed by atoms with van der Waals surface area (Å²) >= 11 is 0. The Hall–Kier alpha value is -0.570. The molecule has 1 heterocycles. The van der Waals surface area contributed by atoms with Crippen LogP contribution in [-0.4, -0.2) is 25.7 Å². The highest BCUT2D eigenvalue weighted by atomic mass is 16.5. The van der Waals surface area contributed by atoms with E-state index in [1.165, 1.54) is 0 Å². The molecule has 1 fully saturated rings. The fourth-order valence-electron chi connectivity index (χ4n) is 1.52. The van der Waals surface area contributed by atoms with Gasteiger partial charge >= 0.3 is 5.97 Å². The van der Waals surface area contributed by atoms with E-state index in [-0.39, 0.29) is 11.9 Å². The van der Waals surface area contributed by atoms with Crippen LogP contribution < -0.4 is 5.32 Å². The first-order valence-electron chi connectivity index (χ1n) is 5.61. The molecule has 3 heteroatoms. The molecular weight excluding hydrogens is 178 g/mol. The van der Waals surface area contributed by atoms with Gasteiger partial charge in [-0.2, -0.15) is 0 Å². The normalized spacial score (nSPS) is 20.4. The zero-order valence-corrected chi connectivity index (χ0v) is 9.21. The quantitative estimate of drug-likeness (QED) is 0.698. The van der Waals surface area contributed by atoms with E-state index in [0.717, 1.165) is 32.4 Å². The molecule has 1 N–H and O–H groups in total. The Morgan fingerprint density at radius 3 is 2.71 bits per heavy atom. The molecule has 0 radical (unpaired) electrons. The van der Waals surface area contributed by atoms with Gasteiger partial charge in [-0.1, -0.05) is 20.3 Å². The van der Waals surface area contributed by atoms with Gasteiger partial charge < -0.3 is 10.1 Å². The Bertz CT molecular complexity index is 176. The van der Waals surface area contributed by atoms with E-state index >= 15 is 0 Å². The molecule has 0 amide bonds. The van der Waals surface area contributed by atoms with Gasteiger partial charge in [0.25, 0.3) is 0 Å². The lowest BCUT2D eigenvalue weighted by molar-refractivity contribution is -0.150. The van der Waals surface area contributed by atoms with Crippen molar-refractivity contribution in [2.45, 2.75) is 33.1 Å². The minimum absolute atomic E-state index is 0.00630. The molecule has 0 saturated carbocycles. The Morgan fingerprint density at radius 1 is 1.50 bits per heavy atom. The predicted molar refractivity (Wildman–Crippen MR) is 56.0 cm³/mol. The summed E-state index contributed by atoms with van der Waals surface area (Å²) in [6.45, 7) is 6.70.